The number of carbonyl (C=O) groups excluding carboxylic acids is 2. The summed E-state index contributed by atoms with van der Waals surface area (Å²) in [4.78, 5) is 39.3. The number of Topliss-reactive ketones (excluding diaryl/α,β-unsaturated/α-hetero) is 1. The van der Waals surface area contributed by atoms with E-state index in [-0.39, 0.29) is 47.7 Å². The third-order valence-corrected chi connectivity index (χ3v) is 8.28. The smallest absolute Gasteiger partial charge is 0.336 e. The van der Waals surface area contributed by atoms with Crippen LogP contribution in [-0.4, -0.2) is 48.2 Å². The first-order chi connectivity index (χ1) is 18.3. The highest BCUT2D eigenvalue weighted by Crippen LogP contribution is 2.49. The number of nitro benzene ring substituents is 1. The Kier molecular flexibility index (Phi) is 7.22. The van der Waals surface area contributed by atoms with Crippen LogP contribution in [0.2, 0.25) is 0 Å². The Bertz CT molecular complexity index is 1340. The van der Waals surface area contributed by atoms with Crippen molar-refractivity contribution in [2.24, 2.45) is 0 Å². The molecule has 1 fully saturated rings. The van der Waals surface area contributed by atoms with Crippen LogP contribution < -0.4 is 10.1 Å². The molecular weight excluding hydrogens is 512 g/mol. The van der Waals surface area contributed by atoms with Gasteiger partial charge in [-0.25, -0.2) is 4.79 Å². The maximum atomic E-state index is 13.7. The van der Waals surface area contributed by atoms with Crippen molar-refractivity contribution in [1.82, 2.24) is 5.32 Å². The molecule has 200 valence electrons. The van der Waals surface area contributed by atoms with Gasteiger partial charge in [0.1, 0.15) is 6.61 Å². The standard InChI is InChI=1S/C27H28N2O8S/c1-14-23(27(32)37-13-17-5-3-7-36-17)24(16-10-19(29(33)34)26(31)21(12-16)35-2)25-18(28-14)9-15(11-20(25)30)22-6-4-8-38-22/h4,6,8,10,12,15,17,24,28,31H,3,5,7,9,11,13H2,1-2H3/t15-,17+,24-/m1/s1. The van der Waals surface area contributed by atoms with Crippen LogP contribution in [0.15, 0.2) is 52.2 Å². The molecule has 2 aromatic rings. The van der Waals surface area contributed by atoms with Crippen molar-refractivity contribution in [3.05, 3.63) is 72.7 Å². The van der Waals surface area contributed by atoms with Crippen molar-refractivity contribution in [2.75, 3.05) is 20.3 Å². The molecular formula is C27H28N2O8S. The molecule has 1 aromatic heterocycles. The lowest BCUT2D eigenvalue weighted by Gasteiger charge is -2.36. The van der Waals surface area contributed by atoms with Gasteiger partial charge in [0, 0.05) is 52.8 Å². The first-order valence-corrected chi connectivity index (χ1v) is 13.3. The number of hydrogen-bond donors (Lipinski definition) is 2. The summed E-state index contributed by atoms with van der Waals surface area (Å²) in [5.41, 5.74) is 1.44. The van der Waals surface area contributed by atoms with E-state index in [1.165, 1.54) is 19.2 Å². The largest absolute Gasteiger partial charge is 0.500 e. The van der Waals surface area contributed by atoms with Gasteiger partial charge < -0.3 is 24.6 Å². The molecule has 3 aliphatic rings. The molecule has 1 aromatic carbocycles. The SMILES string of the molecule is COc1cc([C@@H]2C(C(=O)OC[C@@H]3CCCO3)=C(C)NC3=C2C(=O)C[C@H](c2cccs2)C3)cc([N+](=O)[O-])c1O. The summed E-state index contributed by atoms with van der Waals surface area (Å²) in [6.45, 7) is 2.41. The predicted molar refractivity (Wildman–Crippen MR) is 138 cm³/mol. The van der Waals surface area contributed by atoms with Crippen LogP contribution >= 0.6 is 11.3 Å². The van der Waals surface area contributed by atoms with Crippen molar-refractivity contribution < 1.29 is 33.8 Å². The molecule has 38 heavy (non-hydrogen) atoms. The molecule has 10 nitrogen and oxygen atoms in total. The fraction of sp³-hybridized carbons (Fsp3) is 0.407. The van der Waals surface area contributed by atoms with Crippen molar-refractivity contribution in [2.45, 2.75) is 50.5 Å². The number of carbonyl (C=O) groups is 2. The number of phenolic OH excluding ortho intramolecular Hbond substituents is 1. The number of nitrogens with one attached hydrogen (secondary N) is 1. The Hall–Kier alpha value is -3.70. The molecule has 0 unspecified atom stereocenters. The van der Waals surface area contributed by atoms with E-state index in [0.29, 0.717) is 30.0 Å². The molecule has 0 spiro atoms. The summed E-state index contributed by atoms with van der Waals surface area (Å²) < 4.78 is 16.4. The summed E-state index contributed by atoms with van der Waals surface area (Å²) in [6.07, 6.45) is 2.27. The summed E-state index contributed by atoms with van der Waals surface area (Å²) in [5, 5.41) is 27.4. The normalized spacial score (nSPS) is 23.2. The molecule has 0 bridgehead atoms. The number of nitro groups is 1. The Morgan fingerprint density at radius 2 is 2.16 bits per heavy atom. The van der Waals surface area contributed by atoms with E-state index >= 15 is 0 Å². The zero-order chi connectivity index (χ0) is 27.0. The quantitative estimate of drug-likeness (QED) is 0.296. The van der Waals surface area contributed by atoms with Crippen molar-refractivity contribution in [3.8, 4) is 11.5 Å². The van der Waals surface area contributed by atoms with Crippen LogP contribution in [0.3, 0.4) is 0 Å². The van der Waals surface area contributed by atoms with Crippen LogP contribution in [0.25, 0.3) is 0 Å². The number of esters is 1. The van der Waals surface area contributed by atoms with Gasteiger partial charge in [-0.1, -0.05) is 6.07 Å². The lowest BCUT2D eigenvalue weighted by Crippen LogP contribution is -2.36. The van der Waals surface area contributed by atoms with Crippen LogP contribution in [0.5, 0.6) is 11.5 Å². The molecule has 3 atom stereocenters. The second kappa shape index (κ2) is 10.6. The minimum absolute atomic E-state index is 0.0149. The first-order valence-electron chi connectivity index (χ1n) is 12.4. The summed E-state index contributed by atoms with van der Waals surface area (Å²) in [7, 11) is 1.28. The van der Waals surface area contributed by atoms with Gasteiger partial charge in [0.05, 0.1) is 23.7 Å². The van der Waals surface area contributed by atoms with Gasteiger partial charge in [-0.2, -0.15) is 0 Å². The van der Waals surface area contributed by atoms with Gasteiger partial charge in [-0.15, -0.1) is 11.3 Å². The number of nitrogens with zero attached hydrogens (tertiary/aromatic N) is 1. The number of dihydropyridines is 1. The summed E-state index contributed by atoms with van der Waals surface area (Å²) >= 11 is 1.58. The first kappa shape index (κ1) is 25.9. The third kappa shape index (κ3) is 4.79. The van der Waals surface area contributed by atoms with E-state index in [0.717, 1.165) is 17.7 Å². The topological polar surface area (TPSA) is 137 Å². The molecule has 0 amide bonds. The monoisotopic (exact) mass is 540 g/mol. The van der Waals surface area contributed by atoms with E-state index in [1.54, 1.807) is 18.3 Å². The van der Waals surface area contributed by atoms with Gasteiger partial charge in [0.15, 0.2) is 11.5 Å². The zero-order valence-electron chi connectivity index (χ0n) is 21.0. The fourth-order valence-electron chi connectivity index (χ4n) is 5.47. The van der Waals surface area contributed by atoms with E-state index in [2.05, 4.69) is 5.32 Å². The third-order valence-electron chi connectivity index (χ3n) is 7.24. The van der Waals surface area contributed by atoms with Crippen molar-refractivity contribution in [1.29, 1.82) is 0 Å². The Morgan fingerprint density at radius 3 is 2.82 bits per heavy atom. The highest BCUT2D eigenvalue weighted by atomic mass is 32.1. The molecule has 5 rings (SSSR count). The number of hydrogen-bond acceptors (Lipinski definition) is 10. The highest BCUT2D eigenvalue weighted by molar-refractivity contribution is 7.10. The zero-order valence-corrected chi connectivity index (χ0v) is 21.8. The van der Waals surface area contributed by atoms with E-state index in [4.69, 9.17) is 14.2 Å². The van der Waals surface area contributed by atoms with E-state index in [1.807, 2.05) is 17.5 Å². The Morgan fingerprint density at radius 1 is 1.34 bits per heavy atom. The molecule has 0 saturated carbocycles. The minimum Gasteiger partial charge on any atom is -0.500 e. The predicted octanol–water partition coefficient (Wildman–Crippen LogP) is 4.45. The molecule has 3 heterocycles. The van der Waals surface area contributed by atoms with Gasteiger partial charge in [-0.3, -0.25) is 14.9 Å². The number of allylic oxidation sites excluding steroid dienone is 3. The van der Waals surface area contributed by atoms with Crippen LogP contribution in [0, 0.1) is 10.1 Å². The molecule has 0 radical (unpaired) electrons. The van der Waals surface area contributed by atoms with Crippen LogP contribution in [0.4, 0.5) is 5.69 Å². The molecule has 11 heteroatoms. The lowest BCUT2D eigenvalue weighted by atomic mass is 9.72. The van der Waals surface area contributed by atoms with Crippen LogP contribution in [-0.2, 0) is 19.1 Å². The maximum Gasteiger partial charge on any atom is 0.336 e. The van der Waals surface area contributed by atoms with E-state index in [9.17, 15) is 24.8 Å². The number of methoxy groups -OCH3 is 1. The number of ether oxygens (including phenoxy) is 3. The van der Waals surface area contributed by atoms with Crippen molar-refractivity contribution >= 4 is 28.8 Å². The van der Waals surface area contributed by atoms with Gasteiger partial charge in [-0.05, 0) is 49.3 Å². The minimum atomic E-state index is -0.937. The number of phenols is 1. The average Bonchev–Trinajstić information content (AvgIpc) is 3.61. The maximum absolute atomic E-state index is 13.7. The molecule has 1 aliphatic carbocycles. The van der Waals surface area contributed by atoms with E-state index < -0.39 is 28.2 Å². The fourth-order valence-corrected chi connectivity index (χ4v) is 6.30. The molecule has 2 aliphatic heterocycles. The highest BCUT2D eigenvalue weighted by Gasteiger charge is 2.43. The lowest BCUT2D eigenvalue weighted by molar-refractivity contribution is -0.386. The van der Waals surface area contributed by atoms with Gasteiger partial charge in [0.25, 0.3) is 0 Å². The van der Waals surface area contributed by atoms with Crippen molar-refractivity contribution in [3.63, 3.8) is 0 Å². The van der Waals surface area contributed by atoms with Crippen LogP contribution in [0.1, 0.15) is 54.9 Å². The van der Waals surface area contributed by atoms with Gasteiger partial charge in [0.2, 0.25) is 5.75 Å². The number of ketones is 1. The number of benzene rings is 1. The number of aromatic hydroxyl groups is 1. The number of thiophene rings is 1. The summed E-state index contributed by atoms with van der Waals surface area (Å²) in [6, 6.07) is 6.57. The second-order valence-electron chi connectivity index (χ2n) is 9.61. The second-order valence-corrected chi connectivity index (χ2v) is 10.6. The Balaban J connectivity index is 1.60. The molecule has 1 saturated heterocycles. The Labute approximate surface area is 223 Å². The van der Waals surface area contributed by atoms with Gasteiger partial charge >= 0.3 is 11.7 Å². The summed E-state index contributed by atoms with van der Waals surface area (Å²) in [5.74, 6) is -2.49. The number of rotatable bonds is 7. The average molecular weight is 541 g/mol. The molecule has 2 N–H and O–H groups in total.